The summed E-state index contributed by atoms with van der Waals surface area (Å²) in [4.78, 5) is 24.7. The molecule has 0 radical (unpaired) electrons. The topological polar surface area (TPSA) is 89.5 Å². The molecule has 2 fully saturated rings. The largest absolute Gasteiger partial charge is 0.332 e. The predicted molar refractivity (Wildman–Crippen MR) is 73.2 cm³/mol. The van der Waals surface area contributed by atoms with Gasteiger partial charge in [-0.2, -0.15) is 0 Å². The van der Waals surface area contributed by atoms with Gasteiger partial charge in [0.25, 0.3) is 11.6 Å². The summed E-state index contributed by atoms with van der Waals surface area (Å²) in [5.74, 6) is -1.11. The molecule has 2 unspecified atom stereocenters. The van der Waals surface area contributed by atoms with E-state index in [1.165, 1.54) is 0 Å². The van der Waals surface area contributed by atoms with Crippen LogP contribution >= 0.6 is 0 Å². The van der Waals surface area contributed by atoms with E-state index >= 15 is 0 Å². The van der Waals surface area contributed by atoms with Crippen molar-refractivity contribution >= 4 is 11.6 Å². The molecule has 2 bridgehead atoms. The van der Waals surface area contributed by atoms with Crippen molar-refractivity contribution in [2.75, 3.05) is 0 Å². The third-order valence-corrected chi connectivity index (χ3v) is 4.39. The maximum absolute atomic E-state index is 13.4. The van der Waals surface area contributed by atoms with Crippen molar-refractivity contribution in [1.82, 2.24) is 4.90 Å². The first kappa shape index (κ1) is 13.9. The molecule has 0 aromatic heterocycles. The number of piperidine rings is 1. The predicted octanol–water partition coefficient (Wildman–Crippen LogP) is 1.83. The van der Waals surface area contributed by atoms with Crippen LogP contribution < -0.4 is 5.73 Å². The third-order valence-electron chi connectivity index (χ3n) is 4.39. The van der Waals surface area contributed by atoms with Crippen molar-refractivity contribution in [1.29, 1.82) is 0 Å². The minimum atomic E-state index is -0.649. The minimum Gasteiger partial charge on any atom is -0.332 e. The summed E-state index contributed by atoms with van der Waals surface area (Å²) >= 11 is 0. The minimum absolute atomic E-state index is 0.00845. The first-order chi connectivity index (χ1) is 9.97. The standard InChI is InChI=1S/C14H16FN3O3/c15-8-1-4-13(18(20)21)12(5-8)14(19)17-10-2-3-11(17)7-9(16)6-10/h1,4-5,9-11H,2-3,6-7,16H2. The summed E-state index contributed by atoms with van der Waals surface area (Å²) < 4.78 is 13.4. The highest BCUT2D eigenvalue weighted by Crippen LogP contribution is 2.37. The maximum Gasteiger partial charge on any atom is 0.282 e. The summed E-state index contributed by atoms with van der Waals surface area (Å²) in [5, 5.41) is 11.0. The van der Waals surface area contributed by atoms with Gasteiger partial charge in [0, 0.05) is 24.2 Å². The summed E-state index contributed by atoms with van der Waals surface area (Å²) in [6, 6.07) is 3.07. The molecule has 21 heavy (non-hydrogen) atoms. The van der Waals surface area contributed by atoms with Gasteiger partial charge in [-0.3, -0.25) is 14.9 Å². The van der Waals surface area contributed by atoms with Crippen LogP contribution in [0.15, 0.2) is 18.2 Å². The average molecular weight is 293 g/mol. The van der Waals surface area contributed by atoms with Gasteiger partial charge in [-0.1, -0.05) is 0 Å². The van der Waals surface area contributed by atoms with Gasteiger partial charge >= 0.3 is 0 Å². The normalized spacial score (nSPS) is 27.7. The van der Waals surface area contributed by atoms with Gasteiger partial charge < -0.3 is 10.6 Å². The lowest BCUT2D eigenvalue weighted by atomic mass is 9.97. The van der Waals surface area contributed by atoms with Crippen molar-refractivity contribution in [3.8, 4) is 0 Å². The lowest BCUT2D eigenvalue weighted by molar-refractivity contribution is -0.385. The Morgan fingerprint density at radius 3 is 2.52 bits per heavy atom. The molecule has 0 aliphatic carbocycles. The zero-order chi connectivity index (χ0) is 15.1. The Bertz CT molecular complexity index is 593. The Kier molecular flexibility index (Phi) is 3.36. The second kappa shape index (κ2) is 5.07. The molecule has 7 heteroatoms. The number of halogens is 1. The van der Waals surface area contributed by atoms with Gasteiger partial charge in [0.2, 0.25) is 0 Å². The highest BCUT2D eigenvalue weighted by atomic mass is 19.1. The van der Waals surface area contributed by atoms with Crippen LogP contribution in [0, 0.1) is 15.9 Å². The molecule has 1 aromatic rings. The first-order valence-corrected chi connectivity index (χ1v) is 6.99. The number of nitro groups is 1. The van der Waals surface area contributed by atoms with E-state index < -0.39 is 16.6 Å². The van der Waals surface area contributed by atoms with E-state index in [0.29, 0.717) is 12.8 Å². The maximum atomic E-state index is 13.4. The fourth-order valence-electron chi connectivity index (χ4n) is 3.53. The molecule has 3 rings (SSSR count). The first-order valence-electron chi connectivity index (χ1n) is 6.99. The number of nitrogens with zero attached hydrogens (tertiary/aromatic N) is 2. The smallest absolute Gasteiger partial charge is 0.282 e. The average Bonchev–Trinajstić information content (AvgIpc) is 2.69. The number of carbonyl (C=O) groups is 1. The van der Waals surface area contributed by atoms with Crippen molar-refractivity contribution in [3.05, 3.63) is 39.7 Å². The number of nitro benzene ring substituents is 1. The number of rotatable bonds is 2. The second-order valence-corrected chi connectivity index (χ2v) is 5.75. The highest BCUT2D eigenvalue weighted by molar-refractivity contribution is 5.98. The van der Waals surface area contributed by atoms with Crippen LogP contribution in [0.5, 0.6) is 0 Å². The number of nitrogens with two attached hydrogens (primary N) is 1. The Hall–Kier alpha value is -2.02. The molecule has 2 N–H and O–H groups in total. The zero-order valence-electron chi connectivity index (χ0n) is 11.4. The van der Waals surface area contributed by atoms with Crippen molar-refractivity contribution in [3.63, 3.8) is 0 Å². The van der Waals surface area contributed by atoms with E-state index in [0.717, 1.165) is 31.0 Å². The van der Waals surface area contributed by atoms with Gasteiger partial charge in [0.05, 0.1) is 4.92 Å². The molecular weight excluding hydrogens is 277 g/mol. The monoisotopic (exact) mass is 293 g/mol. The van der Waals surface area contributed by atoms with Gasteiger partial charge in [0.15, 0.2) is 0 Å². The molecular formula is C14H16FN3O3. The number of carbonyl (C=O) groups excluding carboxylic acids is 1. The molecule has 0 saturated carbocycles. The van der Waals surface area contributed by atoms with Gasteiger partial charge in [-0.15, -0.1) is 0 Å². The molecule has 1 aromatic carbocycles. The van der Waals surface area contributed by atoms with E-state index in [9.17, 15) is 19.3 Å². The summed E-state index contributed by atoms with van der Waals surface area (Å²) in [7, 11) is 0. The molecule has 2 saturated heterocycles. The van der Waals surface area contributed by atoms with Crippen LogP contribution in [0.25, 0.3) is 0 Å². The number of benzene rings is 1. The quantitative estimate of drug-likeness (QED) is 0.665. The summed E-state index contributed by atoms with van der Waals surface area (Å²) in [6.07, 6.45) is 3.11. The Balaban J connectivity index is 1.96. The van der Waals surface area contributed by atoms with E-state index in [1.54, 1.807) is 4.90 Å². The van der Waals surface area contributed by atoms with Crippen LogP contribution in [0.2, 0.25) is 0 Å². The number of amides is 1. The lowest BCUT2D eigenvalue weighted by Crippen LogP contribution is -2.50. The second-order valence-electron chi connectivity index (χ2n) is 5.75. The Labute approximate surface area is 120 Å². The zero-order valence-corrected chi connectivity index (χ0v) is 11.4. The lowest BCUT2D eigenvalue weighted by Gasteiger charge is -2.37. The molecule has 2 aliphatic heterocycles. The number of fused-ring (bicyclic) bond motifs is 2. The van der Waals surface area contributed by atoms with Crippen molar-refractivity contribution < 1.29 is 14.1 Å². The van der Waals surface area contributed by atoms with E-state index in [1.807, 2.05) is 0 Å². The number of hydrogen-bond donors (Lipinski definition) is 1. The number of hydrogen-bond acceptors (Lipinski definition) is 4. The van der Waals surface area contributed by atoms with Gasteiger partial charge in [-0.05, 0) is 37.8 Å². The molecule has 2 atom stereocenters. The van der Waals surface area contributed by atoms with E-state index in [4.69, 9.17) is 5.73 Å². The molecule has 6 nitrogen and oxygen atoms in total. The van der Waals surface area contributed by atoms with Crippen LogP contribution in [-0.4, -0.2) is 33.9 Å². The Morgan fingerprint density at radius 1 is 1.33 bits per heavy atom. The van der Waals surface area contributed by atoms with Crippen molar-refractivity contribution in [2.45, 2.75) is 43.8 Å². The summed E-state index contributed by atoms with van der Waals surface area (Å²) in [6.45, 7) is 0. The van der Waals surface area contributed by atoms with Crippen LogP contribution in [0.4, 0.5) is 10.1 Å². The Morgan fingerprint density at radius 2 is 1.95 bits per heavy atom. The molecule has 1 amide bonds. The molecule has 2 aliphatic rings. The molecule has 0 spiro atoms. The van der Waals surface area contributed by atoms with E-state index in [-0.39, 0.29) is 29.4 Å². The van der Waals surface area contributed by atoms with Gasteiger partial charge in [0.1, 0.15) is 11.4 Å². The van der Waals surface area contributed by atoms with Gasteiger partial charge in [-0.25, -0.2) is 4.39 Å². The third kappa shape index (κ3) is 2.37. The fourth-order valence-corrected chi connectivity index (χ4v) is 3.53. The molecule has 2 heterocycles. The van der Waals surface area contributed by atoms with E-state index in [2.05, 4.69) is 0 Å². The van der Waals surface area contributed by atoms with Crippen molar-refractivity contribution in [2.24, 2.45) is 5.73 Å². The highest BCUT2D eigenvalue weighted by Gasteiger charge is 2.43. The fraction of sp³-hybridized carbons (Fsp3) is 0.500. The van der Waals surface area contributed by atoms with Crippen LogP contribution in [-0.2, 0) is 0 Å². The summed E-state index contributed by atoms with van der Waals surface area (Å²) in [5.41, 5.74) is 5.43. The molecule has 112 valence electrons. The van der Waals surface area contributed by atoms with Crippen LogP contribution in [0.1, 0.15) is 36.0 Å². The SMILES string of the molecule is NC1CC2CCC(C1)N2C(=O)c1cc(F)ccc1[N+](=O)[O-]. The van der Waals surface area contributed by atoms with Crippen LogP contribution in [0.3, 0.4) is 0 Å².